The minimum absolute atomic E-state index is 0.272. The Kier molecular flexibility index (Phi) is 4.43. The van der Waals surface area contributed by atoms with Gasteiger partial charge >= 0.3 is 0 Å². The van der Waals surface area contributed by atoms with E-state index in [4.69, 9.17) is 4.74 Å². The SMILES string of the molecule is COc1ccc(CN2CCCC3(CCc4cn[nH]c43)C2)cc1Cn1cccn1. The summed E-state index contributed by atoms with van der Waals surface area (Å²) in [7, 11) is 1.73. The summed E-state index contributed by atoms with van der Waals surface area (Å²) in [5.74, 6) is 0.923. The van der Waals surface area contributed by atoms with Crippen LogP contribution in [-0.4, -0.2) is 45.1 Å². The number of piperidine rings is 1. The van der Waals surface area contributed by atoms with Crippen LogP contribution in [0.4, 0.5) is 0 Å². The first-order valence-corrected chi connectivity index (χ1v) is 10.1. The van der Waals surface area contributed by atoms with Crippen LogP contribution in [0.25, 0.3) is 0 Å². The molecule has 5 rings (SSSR count). The van der Waals surface area contributed by atoms with Gasteiger partial charge in [0.25, 0.3) is 0 Å². The molecule has 1 spiro atoms. The molecule has 1 atom stereocenters. The van der Waals surface area contributed by atoms with E-state index >= 15 is 0 Å². The molecule has 6 heteroatoms. The lowest BCUT2D eigenvalue weighted by atomic mass is 9.77. The van der Waals surface area contributed by atoms with Crippen molar-refractivity contribution in [2.45, 2.75) is 44.2 Å². The number of aromatic amines is 1. The summed E-state index contributed by atoms with van der Waals surface area (Å²) in [5.41, 5.74) is 5.60. The molecule has 2 aliphatic rings. The number of hydrogen-bond acceptors (Lipinski definition) is 4. The zero-order chi connectivity index (χ0) is 19.0. The van der Waals surface area contributed by atoms with Gasteiger partial charge in [0.1, 0.15) is 5.75 Å². The van der Waals surface area contributed by atoms with Crippen LogP contribution in [0, 0.1) is 0 Å². The zero-order valence-corrected chi connectivity index (χ0v) is 16.4. The highest BCUT2D eigenvalue weighted by atomic mass is 16.5. The van der Waals surface area contributed by atoms with Crippen LogP contribution in [0.5, 0.6) is 5.75 Å². The largest absolute Gasteiger partial charge is 0.496 e. The summed E-state index contributed by atoms with van der Waals surface area (Å²) >= 11 is 0. The number of H-pyrrole nitrogens is 1. The molecule has 1 unspecified atom stereocenters. The summed E-state index contributed by atoms with van der Waals surface area (Å²) < 4.78 is 7.52. The molecule has 1 N–H and O–H groups in total. The zero-order valence-electron chi connectivity index (χ0n) is 16.4. The lowest BCUT2D eigenvalue weighted by molar-refractivity contribution is 0.136. The van der Waals surface area contributed by atoms with Crippen molar-refractivity contribution in [1.82, 2.24) is 24.9 Å². The van der Waals surface area contributed by atoms with Gasteiger partial charge in [0.2, 0.25) is 0 Å². The molecule has 2 aromatic heterocycles. The minimum atomic E-state index is 0.272. The fourth-order valence-corrected chi connectivity index (χ4v) is 5.11. The molecule has 6 nitrogen and oxygen atoms in total. The lowest BCUT2D eigenvalue weighted by Gasteiger charge is -2.40. The standard InChI is InChI=1S/C22H27N5O/c1-28-20-5-4-17(12-19(20)15-27-11-3-9-24-27)14-26-10-2-7-22(16-26)8-6-18-13-23-25-21(18)22/h3-5,9,11-13H,2,6-8,10,14-16H2,1H3,(H,23,25). The van der Waals surface area contributed by atoms with E-state index in [1.54, 1.807) is 7.11 Å². The monoisotopic (exact) mass is 377 g/mol. The predicted octanol–water partition coefficient (Wildman–Crippen LogP) is 3.14. The maximum Gasteiger partial charge on any atom is 0.123 e. The molecule has 0 amide bonds. The van der Waals surface area contributed by atoms with Crippen LogP contribution in [0.15, 0.2) is 42.9 Å². The van der Waals surface area contributed by atoms with E-state index in [0.717, 1.165) is 38.3 Å². The first-order valence-electron chi connectivity index (χ1n) is 10.1. The van der Waals surface area contributed by atoms with Gasteiger partial charge in [0.05, 0.1) is 19.9 Å². The van der Waals surface area contributed by atoms with Gasteiger partial charge in [-0.1, -0.05) is 6.07 Å². The second kappa shape index (κ2) is 7.09. The van der Waals surface area contributed by atoms with Crippen molar-refractivity contribution in [3.05, 3.63) is 65.2 Å². The Morgan fingerprint density at radius 3 is 3.07 bits per heavy atom. The highest BCUT2D eigenvalue weighted by Gasteiger charge is 2.43. The van der Waals surface area contributed by atoms with Crippen molar-refractivity contribution >= 4 is 0 Å². The first kappa shape index (κ1) is 17.5. The molecule has 28 heavy (non-hydrogen) atoms. The van der Waals surface area contributed by atoms with Gasteiger partial charge < -0.3 is 4.74 Å². The first-order chi connectivity index (χ1) is 13.8. The van der Waals surface area contributed by atoms with Gasteiger partial charge in [-0.3, -0.25) is 14.7 Å². The molecule has 1 aliphatic heterocycles. The predicted molar refractivity (Wildman–Crippen MR) is 107 cm³/mol. The fourth-order valence-electron chi connectivity index (χ4n) is 5.11. The Bertz CT molecular complexity index is 948. The number of hydrogen-bond donors (Lipinski definition) is 1. The maximum atomic E-state index is 5.58. The van der Waals surface area contributed by atoms with Crippen LogP contribution < -0.4 is 4.74 Å². The Morgan fingerprint density at radius 2 is 2.21 bits per heavy atom. The Hall–Kier alpha value is -2.60. The smallest absolute Gasteiger partial charge is 0.123 e. The van der Waals surface area contributed by atoms with Gasteiger partial charge in [-0.2, -0.15) is 10.2 Å². The molecule has 1 fully saturated rings. The summed E-state index contributed by atoms with van der Waals surface area (Å²) in [4.78, 5) is 2.61. The second-order valence-electron chi connectivity index (χ2n) is 8.21. The Balaban J connectivity index is 1.34. The number of benzene rings is 1. The molecular formula is C22H27N5O. The number of methoxy groups -OCH3 is 1. The van der Waals surface area contributed by atoms with Crippen LogP contribution in [-0.2, 0) is 24.9 Å². The summed E-state index contributed by atoms with van der Waals surface area (Å²) in [6.45, 7) is 3.97. The normalized spacial score (nSPS) is 21.9. The third-order valence-electron chi connectivity index (χ3n) is 6.42. The quantitative estimate of drug-likeness (QED) is 0.742. The van der Waals surface area contributed by atoms with E-state index in [2.05, 4.69) is 38.4 Å². The van der Waals surface area contributed by atoms with Crippen molar-refractivity contribution < 1.29 is 4.74 Å². The molecule has 1 aromatic carbocycles. The van der Waals surface area contributed by atoms with Gasteiger partial charge in [0.15, 0.2) is 0 Å². The van der Waals surface area contributed by atoms with E-state index < -0.39 is 0 Å². The fraction of sp³-hybridized carbons (Fsp3) is 0.455. The van der Waals surface area contributed by atoms with Crippen LogP contribution in [0.1, 0.15) is 41.6 Å². The third kappa shape index (κ3) is 3.11. The number of likely N-dealkylation sites (tertiary alicyclic amines) is 1. The summed E-state index contributed by atoms with van der Waals surface area (Å²) in [6.07, 6.45) is 10.8. The highest BCUT2D eigenvalue weighted by Crippen LogP contribution is 2.44. The lowest BCUT2D eigenvalue weighted by Crippen LogP contribution is -2.44. The molecule has 3 aromatic rings. The molecule has 0 saturated carbocycles. The topological polar surface area (TPSA) is 59.0 Å². The highest BCUT2D eigenvalue weighted by molar-refractivity contribution is 5.38. The Labute approximate surface area is 165 Å². The number of rotatable bonds is 5. The molecule has 1 aliphatic carbocycles. The van der Waals surface area contributed by atoms with E-state index in [9.17, 15) is 0 Å². The van der Waals surface area contributed by atoms with Gasteiger partial charge in [-0.15, -0.1) is 0 Å². The number of aryl methyl sites for hydroxylation is 1. The van der Waals surface area contributed by atoms with E-state index in [-0.39, 0.29) is 5.41 Å². The van der Waals surface area contributed by atoms with E-state index in [1.165, 1.54) is 41.6 Å². The molecule has 1 saturated heterocycles. The average molecular weight is 377 g/mol. The number of ether oxygens (including phenoxy) is 1. The number of nitrogens with one attached hydrogen (secondary N) is 1. The van der Waals surface area contributed by atoms with Crippen molar-refractivity contribution in [2.75, 3.05) is 20.2 Å². The molecule has 146 valence electrons. The maximum absolute atomic E-state index is 5.58. The molecular weight excluding hydrogens is 350 g/mol. The number of aromatic nitrogens is 4. The molecule has 3 heterocycles. The summed E-state index contributed by atoms with van der Waals surface area (Å²) in [5, 5.41) is 11.9. The Morgan fingerprint density at radius 1 is 1.25 bits per heavy atom. The summed E-state index contributed by atoms with van der Waals surface area (Å²) in [6, 6.07) is 8.52. The van der Waals surface area contributed by atoms with E-state index in [1.807, 2.05) is 29.3 Å². The average Bonchev–Trinajstić information content (AvgIpc) is 3.44. The number of fused-ring (bicyclic) bond motifs is 2. The molecule has 0 radical (unpaired) electrons. The van der Waals surface area contributed by atoms with E-state index in [0.29, 0.717) is 0 Å². The van der Waals surface area contributed by atoms with Crippen molar-refractivity contribution in [3.63, 3.8) is 0 Å². The van der Waals surface area contributed by atoms with Gasteiger partial charge in [-0.25, -0.2) is 0 Å². The minimum Gasteiger partial charge on any atom is -0.496 e. The molecule has 0 bridgehead atoms. The van der Waals surface area contributed by atoms with Crippen LogP contribution in [0.2, 0.25) is 0 Å². The van der Waals surface area contributed by atoms with Crippen LogP contribution in [0.3, 0.4) is 0 Å². The third-order valence-corrected chi connectivity index (χ3v) is 6.42. The number of nitrogens with zero attached hydrogens (tertiary/aromatic N) is 4. The van der Waals surface area contributed by atoms with Crippen molar-refractivity contribution in [1.29, 1.82) is 0 Å². The second-order valence-corrected chi connectivity index (χ2v) is 8.21. The van der Waals surface area contributed by atoms with Gasteiger partial charge in [-0.05, 0) is 61.6 Å². The van der Waals surface area contributed by atoms with Gasteiger partial charge in [0, 0.05) is 42.2 Å². The van der Waals surface area contributed by atoms with Crippen LogP contribution >= 0.6 is 0 Å². The van der Waals surface area contributed by atoms with Crippen molar-refractivity contribution in [2.24, 2.45) is 0 Å². The van der Waals surface area contributed by atoms with Crippen molar-refractivity contribution in [3.8, 4) is 5.75 Å².